The van der Waals surface area contributed by atoms with E-state index in [1.807, 2.05) is 17.0 Å². The molecule has 0 spiro atoms. The first-order valence-corrected chi connectivity index (χ1v) is 8.85. The van der Waals surface area contributed by atoms with Gasteiger partial charge in [-0.05, 0) is 29.8 Å². The molecule has 0 radical (unpaired) electrons. The minimum absolute atomic E-state index is 0.0166. The van der Waals surface area contributed by atoms with Crippen molar-refractivity contribution in [3.8, 4) is 0 Å². The molecule has 2 aromatic rings. The zero-order chi connectivity index (χ0) is 19.2. The molecule has 0 N–H and O–H groups in total. The van der Waals surface area contributed by atoms with Gasteiger partial charge in [0.2, 0.25) is 11.9 Å². The number of nitrogens with zero attached hydrogens (tertiary/aromatic N) is 5. The van der Waals surface area contributed by atoms with Gasteiger partial charge in [-0.2, -0.15) is 0 Å². The number of carbonyl (C=O) groups excluding carboxylic acids is 2. The van der Waals surface area contributed by atoms with Gasteiger partial charge in [-0.1, -0.05) is 12.1 Å². The highest BCUT2D eigenvalue weighted by molar-refractivity contribution is 5.94. The molecule has 1 aliphatic rings. The maximum Gasteiger partial charge on any atom is 0.253 e. The lowest BCUT2D eigenvalue weighted by Gasteiger charge is -2.34. The average Bonchev–Trinajstić information content (AvgIpc) is 2.72. The molecule has 0 bridgehead atoms. The number of benzene rings is 1. The van der Waals surface area contributed by atoms with E-state index in [1.165, 1.54) is 4.90 Å². The van der Waals surface area contributed by atoms with Crippen molar-refractivity contribution >= 4 is 23.8 Å². The van der Waals surface area contributed by atoms with E-state index in [4.69, 9.17) is 0 Å². The van der Waals surface area contributed by atoms with Gasteiger partial charge >= 0.3 is 0 Å². The lowest BCUT2D eigenvalue weighted by atomic mass is 10.1. The number of carbonyl (C=O) groups is 2. The van der Waals surface area contributed by atoms with E-state index in [0.29, 0.717) is 37.7 Å². The third kappa shape index (κ3) is 4.69. The van der Waals surface area contributed by atoms with Crippen molar-refractivity contribution in [2.75, 3.05) is 45.2 Å². The minimum Gasteiger partial charge on any atom is -0.345 e. The summed E-state index contributed by atoms with van der Waals surface area (Å²) in [5.41, 5.74) is 1.51. The van der Waals surface area contributed by atoms with Crippen LogP contribution in [0.5, 0.6) is 0 Å². The van der Waals surface area contributed by atoms with Crippen molar-refractivity contribution in [3.05, 3.63) is 59.9 Å². The molecule has 2 amide bonds. The van der Waals surface area contributed by atoms with Gasteiger partial charge in [0, 0.05) is 64.3 Å². The van der Waals surface area contributed by atoms with Gasteiger partial charge in [-0.25, -0.2) is 9.97 Å². The average molecular weight is 365 g/mol. The molecule has 0 atom stereocenters. The summed E-state index contributed by atoms with van der Waals surface area (Å²) in [4.78, 5) is 38.2. The number of amides is 2. The van der Waals surface area contributed by atoms with E-state index in [-0.39, 0.29) is 11.8 Å². The Morgan fingerprint density at radius 1 is 1.00 bits per heavy atom. The molecule has 7 nitrogen and oxygen atoms in total. The SMILES string of the molecule is CN(C)C(=O)c1ccc(/C=C/C(=O)N2CCN(c3ncccn3)CC2)cc1. The summed E-state index contributed by atoms with van der Waals surface area (Å²) in [5, 5.41) is 0. The monoisotopic (exact) mass is 365 g/mol. The van der Waals surface area contributed by atoms with Gasteiger partial charge in [0.1, 0.15) is 0 Å². The normalized spacial score (nSPS) is 14.4. The summed E-state index contributed by atoms with van der Waals surface area (Å²) in [5.74, 6) is 0.645. The molecule has 0 aliphatic carbocycles. The third-order valence-electron chi connectivity index (χ3n) is 4.41. The van der Waals surface area contributed by atoms with E-state index < -0.39 is 0 Å². The van der Waals surface area contributed by atoms with E-state index in [2.05, 4.69) is 14.9 Å². The molecule has 1 saturated heterocycles. The molecule has 7 heteroatoms. The Hall–Kier alpha value is -3.22. The van der Waals surface area contributed by atoms with Crippen molar-refractivity contribution in [3.63, 3.8) is 0 Å². The molecule has 0 saturated carbocycles. The molecule has 140 valence electrons. The first kappa shape index (κ1) is 18.6. The molecule has 0 unspecified atom stereocenters. The smallest absolute Gasteiger partial charge is 0.253 e. The van der Waals surface area contributed by atoms with E-state index in [9.17, 15) is 9.59 Å². The molecular formula is C20H23N5O2. The first-order valence-electron chi connectivity index (χ1n) is 8.85. The molecule has 1 aliphatic heterocycles. The standard InChI is InChI=1S/C20H23N5O2/c1-23(2)19(27)17-7-4-16(5-8-17)6-9-18(26)24-12-14-25(15-13-24)20-21-10-3-11-22-20/h3-11H,12-15H2,1-2H3/b9-6+. The predicted octanol–water partition coefficient (Wildman–Crippen LogP) is 1.54. The summed E-state index contributed by atoms with van der Waals surface area (Å²) in [6, 6.07) is 9.00. The van der Waals surface area contributed by atoms with Gasteiger partial charge in [0.05, 0.1) is 0 Å². The van der Waals surface area contributed by atoms with Crippen molar-refractivity contribution in [1.82, 2.24) is 19.8 Å². The van der Waals surface area contributed by atoms with Crippen LogP contribution in [0.2, 0.25) is 0 Å². The minimum atomic E-state index is -0.0399. The van der Waals surface area contributed by atoms with Crippen LogP contribution in [0, 0.1) is 0 Å². The summed E-state index contributed by atoms with van der Waals surface area (Å²) in [6.45, 7) is 2.70. The highest BCUT2D eigenvalue weighted by Gasteiger charge is 2.20. The summed E-state index contributed by atoms with van der Waals surface area (Å²) in [6.07, 6.45) is 6.80. The predicted molar refractivity (Wildman–Crippen MR) is 104 cm³/mol. The fourth-order valence-electron chi connectivity index (χ4n) is 2.85. The molecule has 3 rings (SSSR count). The number of hydrogen-bond acceptors (Lipinski definition) is 5. The first-order chi connectivity index (χ1) is 13.0. The third-order valence-corrected chi connectivity index (χ3v) is 4.41. The zero-order valence-corrected chi connectivity index (χ0v) is 15.6. The molecule has 1 aromatic carbocycles. The molecular weight excluding hydrogens is 342 g/mol. The van der Waals surface area contributed by atoms with Crippen LogP contribution in [0.25, 0.3) is 6.08 Å². The largest absolute Gasteiger partial charge is 0.345 e. The van der Waals surface area contributed by atoms with Crippen molar-refractivity contribution < 1.29 is 9.59 Å². The topological polar surface area (TPSA) is 69.6 Å². The number of hydrogen-bond donors (Lipinski definition) is 0. The maximum atomic E-state index is 12.4. The second kappa shape index (κ2) is 8.44. The Kier molecular flexibility index (Phi) is 5.80. The van der Waals surface area contributed by atoms with Crippen LogP contribution in [0.1, 0.15) is 15.9 Å². The maximum absolute atomic E-state index is 12.4. The Bertz CT molecular complexity index is 810. The number of rotatable bonds is 4. The second-order valence-corrected chi connectivity index (χ2v) is 6.52. The number of piperazine rings is 1. The molecule has 27 heavy (non-hydrogen) atoms. The van der Waals surface area contributed by atoms with Crippen LogP contribution in [-0.2, 0) is 4.79 Å². The molecule has 1 fully saturated rings. The number of anilines is 1. The quantitative estimate of drug-likeness (QED) is 0.769. The van der Waals surface area contributed by atoms with Gasteiger partial charge < -0.3 is 14.7 Å². The van der Waals surface area contributed by atoms with Crippen LogP contribution in [0.15, 0.2) is 48.8 Å². The Labute approximate surface area is 158 Å². The van der Waals surface area contributed by atoms with Crippen LogP contribution in [-0.4, -0.2) is 71.9 Å². The van der Waals surface area contributed by atoms with Crippen LogP contribution in [0.3, 0.4) is 0 Å². The fourth-order valence-corrected chi connectivity index (χ4v) is 2.85. The van der Waals surface area contributed by atoms with Crippen molar-refractivity contribution in [2.24, 2.45) is 0 Å². The summed E-state index contributed by atoms with van der Waals surface area (Å²) in [7, 11) is 3.44. The van der Waals surface area contributed by atoms with E-state index >= 15 is 0 Å². The summed E-state index contributed by atoms with van der Waals surface area (Å²) < 4.78 is 0. The van der Waals surface area contributed by atoms with Crippen LogP contribution < -0.4 is 4.90 Å². The van der Waals surface area contributed by atoms with Gasteiger partial charge in [0.25, 0.3) is 5.91 Å². The second-order valence-electron chi connectivity index (χ2n) is 6.52. The van der Waals surface area contributed by atoms with E-state index in [1.54, 1.807) is 56.8 Å². The van der Waals surface area contributed by atoms with Crippen molar-refractivity contribution in [1.29, 1.82) is 0 Å². The van der Waals surface area contributed by atoms with Crippen LogP contribution in [0.4, 0.5) is 5.95 Å². The van der Waals surface area contributed by atoms with Crippen LogP contribution >= 0.6 is 0 Å². The molecule has 1 aromatic heterocycles. The van der Waals surface area contributed by atoms with Gasteiger partial charge in [-0.3, -0.25) is 9.59 Å². The van der Waals surface area contributed by atoms with Crippen molar-refractivity contribution in [2.45, 2.75) is 0 Å². The summed E-state index contributed by atoms with van der Waals surface area (Å²) >= 11 is 0. The van der Waals surface area contributed by atoms with Gasteiger partial charge in [-0.15, -0.1) is 0 Å². The number of aromatic nitrogens is 2. The lowest BCUT2D eigenvalue weighted by molar-refractivity contribution is -0.126. The Balaban J connectivity index is 1.54. The Morgan fingerprint density at radius 3 is 2.22 bits per heavy atom. The Morgan fingerprint density at radius 2 is 1.63 bits per heavy atom. The fraction of sp³-hybridized carbons (Fsp3) is 0.300. The highest BCUT2D eigenvalue weighted by Crippen LogP contribution is 2.11. The van der Waals surface area contributed by atoms with Gasteiger partial charge in [0.15, 0.2) is 0 Å². The van der Waals surface area contributed by atoms with E-state index in [0.717, 1.165) is 5.56 Å². The highest BCUT2D eigenvalue weighted by atomic mass is 16.2. The molecule has 2 heterocycles. The lowest BCUT2D eigenvalue weighted by Crippen LogP contribution is -2.48. The zero-order valence-electron chi connectivity index (χ0n) is 15.6.